The molecule has 7 heteroatoms. The van der Waals surface area contributed by atoms with Gasteiger partial charge in [-0.15, -0.1) is 0 Å². The van der Waals surface area contributed by atoms with Crippen molar-refractivity contribution in [1.82, 2.24) is 5.32 Å². The number of hydrogen-bond acceptors (Lipinski definition) is 4. The normalized spacial score (nSPS) is 21.7. The molecule has 0 radical (unpaired) electrons. The molecule has 1 saturated carbocycles. The number of nitrogens with zero attached hydrogens (tertiary/aromatic N) is 1. The van der Waals surface area contributed by atoms with Gasteiger partial charge in [0, 0.05) is 30.2 Å². The van der Waals surface area contributed by atoms with Gasteiger partial charge in [0.15, 0.2) is 0 Å². The number of carbonyl (C=O) groups excluding carboxylic acids is 1. The highest BCUT2D eigenvalue weighted by Crippen LogP contribution is 2.27. The number of amides is 1. The Bertz CT molecular complexity index is 535. The van der Waals surface area contributed by atoms with Crippen molar-refractivity contribution in [2.75, 3.05) is 6.61 Å². The van der Waals surface area contributed by atoms with Crippen LogP contribution in [-0.4, -0.2) is 28.6 Å². The fraction of sp³-hybridized carbons (Fsp3) is 0.462. The summed E-state index contributed by atoms with van der Waals surface area (Å²) in [7, 11) is 0. The van der Waals surface area contributed by atoms with Crippen LogP contribution in [0.3, 0.4) is 0 Å². The lowest BCUT2D eigenvalue weighted by Crippen LogP contribution is -2.38. The summed E-state index contributed by atoms with van der Waals surface area (Å²) in [5, 5.41) is 22.7. The molecular weight excluding hydrogens is 284 g/mol. The third-order valence-corrected chi connectivity index (χ3v) is 3.92. The Balaban J connectivity index is 2.10. The lowest BCUT2D eigenvalue weighted by atomic mass is 10.0. The van der Waals surface area contributed by atoms with Gasteiger partial charge < -0.3 is 10.4 Å². The summed E-state index contributed by atoms with van der Waals surface area (Å²) in [4.78, 5) is 22.1. The first kappa shape index (κ1) is 14.7. The number of aliphatic hydroxyl groups excluding tert-OH is 1. The average Bonchev–Trinajstić information content (AvgIpc) is 2.85. The molecule has 0 aromatic heterocycles. The van der Waals surface area contributed by atoms with Crippen LogP contribution in [0.15, 0.2) is 18.2 Å². The summed E-state index contributed by atoms with van der Waals surface area (Å²) in [5.74, 6) is -0.250. The second kappa shape index (κ2) is 6.19. The molecule has 1 aliphatic rings. The molecule has 2 rings (SSSR count). The van der Waals surface area contributed by atoms with Crippen LogP contribution in [0.4, 0.5) is 5.69 Å². The van der Waals surface area contributed by atoms with Crippen LogP contribution in [0, 0.1) is 16.0 Å². The zero-order valence-corrected chi connectivity index (χ0v) is 11.5. The van der Waals surface area contributed by atoms with E-state index in [2.05, 4.69) is 5.32 Å². The smallest absolute Gasteiger partial charge is 0.287 e. The van der Waals surface area contributed by atoms with Gasteiger partial charge in [0.2, 0.25) is 0 Å². The Morgan fingerprint density at radius 3 is 2.85 bits per heavy atom. The highest BCUT2D eigenvalue weighted by Gasteiger charge is 2.28. The number of halogens is 1. The highest BCUT2D eigenvalue weighted by atomic mass is 35.5. The summed E-state index contributed by atoms with van der Waals surface area (Å²) in [5.41, 5.74) is 0.0570. The van der Waals surface area contributed by atoms with Crippen LogP contribution in [0.25, 0.3) is 0 Å². The fourth-order valence-electron chi connectivity index (χ4n) is 2.49. The van der Waals surface area contributed by atoms with Crippen molar-refractivity contribution in [1.29, 1.82) is 0 Å². The minimum atomic E-state index is -0.594. The van der Waals surface area contributed by atoms with Crippen molar-refractivity contribution in [3.63, 3.8) is 0 Å². The van der Waals surface area contributed by atoms with E-state index in [-0.39, 0.29) is 40.7 Å². The third-order valence-electron chi connectivity index (χ3n) is 3.62. The van der Waals surface area contributed by atoms with Gasteiger partial charge in [-0.3, -0.25) is 14.9 Å². The quantitative estimate of drug-likeness (QED) is 0.658. The van der Waals surface area contributed by atoms with E-state index in [0.717, 1.165) is 19.3 Å². The summed E-state index contributed by atoms with van der Waals surface area (Å²) >= 11 is 5.78. The Kier molecular flexibility index (Phi) is 4.57. The van der Waals surface area contributed by atoms with E-state index in [4.69, 9.17) is 11.6 Å². The maximum atomic E-state index is 12.1. The SMILES string of the molecule is O=C(N[C@H]1CCC[C@@H]1CO)c1ccc([N+](=O)[O-])c(Cl)c1. The topological polar surface area (TPSA) is 92.5 Å². The lowest BCUT2D eigenvalue weighted by Gasteiger charge is -2.19. The molecule has 1 aromatic rings. The molecule has 0 spiro atoms. The van der Waals surface area contributed by atoms with Gasteiger partial charge in [0.25, 0.3) is 11.6 Å². The van der Waals surface area contributed by atoms with Gasteiger partial charge in [-0.2, -0.15) is 0 Å². The van der Waals surface area contributed by atoms with E-state index in [1.807, 2.05) is 0 Å². The first-order valence-corrected chi connectivity index (χ1v) is 6.76. The highest BCUT2D eigenvalue weighted by molar-refractivity contribution is 6.33. The third kappa shape index (κ3) is 3.08. The van der Waals surface area contributed by atoms with Crippen molar-refractivity contribution >= 4 is 23.2 Å². The molecule has 0 heterocycles. The zero-order chi connectivity index (χ0) is 14.7. The summed E-state index contributed by atoms with van der Waals surface area (Å²) in [6, 6.07) is 3.83. The summed E-state index contributed by atoms with van der Waals surface area (Å²) in [6.07, 6.45) is 2.69. The molecular formula is C13H15ClN2O4. The number of nitrogens with one attached hydrogen (secondary N) is 1. The monoisotopic (exact) mass is 298 g/mol. The minimum Gasteiger partial charge on any atom is -0.396 e. The number of nitro groups is 1. The maximum absolute atomic E-state index is 12.1. The maximum Gasteiger partial charge on any atom is 0.287 e. The molecule has 2 atom stereocenters. The van der Waals surface area contributed by atoms with Gasteiger partial charge in [-0.25, -0.2) is 0 Å². The molecule has 0 bridgehead atoms. The molecule has 0 saturated heterocycles. The van der Waals surface area contributed by atoms with Crippen LogP contribution in [-0.2, 0) is 0 Å². The van der Waals surface area contributed by atoms with Gasteiger partial charge >= 0.3 is 0 Å². The van der Waals surface area contributed by atoms with E-state index < -0.39 is 4.92 Å². The predicted molar refractivity (Wildman–Crippen MR) is 73.8 cm³/mol. The standard InChI is InChI=1S/C13H15ClN2O4/c14-10-6-8(4-5-12(10)16(19)20)13(18)15-11-3-1-2-9(11)7-17/h4-6,9,11,17H,1-3,7H2,(H,15,18)/t9-,11+/m1/s1. The molecule has 6 nitrogen and oxygen atoms in total. The van der Waals surface area contributed by atoms with Crippen molar-refractivity contribution in [3.05, 3.63) is 38.9 Å². The average molecular weight is 299 g/mol. The Morgan fingerprint density at radius 1 is 1.50 bits per heavy atom. The van der Waals surface area contributed by atoms with E-state index >= 15 is 0 Å². The van der Waals surface area contributed by atoms with Crippen LogP contribution in [0.1, 0.15) is 29.6 Å². The van der Waals surface area contributed by atoms with E-state index in [9.17, 15) is 20.0 Å². The fourth-order valence-corrected chi connectivity index (χ4v) is 2.74. The number of aliphatic hydroxyl groups is 1. The van der Waals surface area contributed by atoms with Crippen LogP contribution in [0.5, 0.6) is 0 Å². The Labute approximate surface area is 120 Å². The molecule has 1 aromatic carbocycles. The van der Waals surface area contributed by atoms with Crippen molar-refractivity contribution < 1.29 is 14.8 Å². The molecule has 1 fully saturated rings. The van der Waals surface area contributed by atoms with E-state index in [1.54, 1.807) is 0 Å². The number of hydrogen-bond donors (Lipinski definition) is 2. The number of benzene rings is 1. The van der Waals surface area contributed by atoms with Gasteiger partial charge in [0.05, 0.1) is 4.92 Å². The molecule has 2 N–H and O–H groups in total. The van der Waals surface area contributed by atoms with Crippen LogP contribution >= 0.6 is 11.6 Å². The number of carbonyl (C=O) groups is 1. The number of nitro benzene ring substituents is 1. The molecule has 20 heavy (non-hydrogen) atoms. The minimum absolute atomic E-state index is 0.0476. The molecule has 0 unspecified atom stereocenters. The number of rotatable bonds is 4. The van der Waals surface area contributed by atoms with Crippen LogP contribution in [0.2, 0.25) is 5.02 Å². The van der Waals surface area contributed by atoms with E-state index in [1.165, 1.54) is 18.2 Å². The van der Waals surface area contributed by atoms with Gasteiger partial charge in [-0.05, 0) is 25.0 Å². The summed E-state index contributed by atoms with van der Waals surface area (Å²) < 4.78 is 0. The predicted octanol–water partition coefficient (Wildman–Crippen LogP) is 2.14. The van der Waals surface area contributed by atoms with Crippen molar-refractivity contribution in [3.8, 4) is 0 Å². The zero-order valence-electron chi connectivity index (χ0n) is 10.7. The summed E-state index contributed by atoms with van der Waals surface area (Å²) in [6.45, 7) is 0.0476. The first-order chi connectivity index (χ1) is 9.52. The molecule has 1 aliphatic carbocycles. The Morgan fingerprint density at radius 2 is 2.25 bits per heavy atom. The molecule has 0 aliphatic heterocycles. The van der Waals surface area contributed by atoms with E-state index in [0.29, 0.717) is 0 Å². The lowest BCUT2D eigenvalue weighted by molar-refractivity contribution is -0.384. The molecule has 1 amide bonds. The second-order valence-corrected chi connectivity index (χ2v) is 5.28. The van der Waals surface area contributed by atoms with Crippen molar-refractivity contribution in [2.24, 2.45) is 5.92 Å². The van der Waals surface area contributed by atoms with Crippen molar-refractivity contribution in [2.45, 2.75) is 25.3 Å². The van der Waals surface area contributed by atoms with Gasteiger partial charge in [0.1, 0.15) is 5.02 Å². The molecule has 108 valence electrons. The van der Waals surface area contributed by atoms with Crippen LogP contribution < -0.4 is 5.32 Å². The van der Waals surface area contributed by atoms with Gasteiger partial charge in [-0.1, -0.05) is 18.0 Å². The first-order valence-electron chi connectivity index (χ1n) is 6.38. The second-order valence-electron chi connectivity index (χ2n) is 4.88. The Hall–Kier alpha value is -1.66. The largest absolute Gasteiger partial charge is 0.396 e.